The Kier molecular flexibility index (Phi) is 5.50. The van der Waals surface area contributed by atoms with Crippen LogP contribution in [0.15, 0.2) is 42.9 Å². The third-order valence-electron chi connectivity index (χ3n) is 6.96. The maximum atomic E-state index is 13.2. The van der Waals surface area contributed by atoms with Gasteiger partial charge >= 0.3 is 0 Å². The number of benzene rings is 1. The molecule has 0 bridgehead atoms. The third-order valence-corrected chi connectivity index (χ3v) is 7.21. The molecule has 0 radical (unpaired) electrons. The predicted octanol–water partition coefficient (Wildman–Crippen LogP) is 3.52. The number of nitrogens with zero attached hydrogens (tertiary/aromatic N) is 5. The van der Waals surface area contributed by atoms with Crippen molar-refractivity contribution in [1.29, 1.82) is 0 Å². The Bertz CT molecular complexity index is 1470. The van der Waals surface area contributed by atoms with Crippen LogP contribution in [-0.2, 0) is 14.9 Å². The first-order valence-corrected chi connectivity index (χ1v) is 12.2. The molecule has 1 amide bonds. The van der Waals surface area contributed by atoms with Crippen molar-refractivity contribution in [3.05, 3.63) is 59.0 Å². The molecule has 2 aliphatic heterocycles. The fourth-order valence-electron chi connectivity index (χ4n) is 4.95. The van der Waals surface area contributed by atoms with Crippen LogP contribution < -0.4 is 16.4 Å². The van der Waals surface area contributed by atoms with Gasteiger partial charge in [0.25, 0.3) is 0 Å². The molecule has 3 aromatic heterocycles. The molecule has 10 nitrogen and oxygen atoms in total. The van der Waals surface area contributed by atoms with Crippen molar-refractivity contribution in [3.8, 4) is 11.5 Å². The molecule has 6 rings (SSSR count). The number of halogens is 1. The van der Waals surface area contributed by atoms with Crippen molar-refractivity contribution in [1.82, 2.24) is 24.3 Å². The first-order valence-electron chi connectivity index (χ1n) is 11.8. The molecular weight excluding hydrogens is 480 g/mol. The van der Waals surface area contributed by atoms with Crippen LogP contribution >= 0.6 is 11.6 Å². The van der Waals surface area contributed by atoms with Gasteiger partial charge in [0.15, 0.2) is 17.3 Å². The van der Waals surface area contributed by atoms with E-state index in [0.717, 1.165) is 38.2 Å². The SMILES string of the molecule is CC1(c2ccc(Cl)cc2)C(=O)Nc2nc(-c3cn4ccnc4c(NCC4CCCOC4)n3)nc(N)c21. The van der Waals surface area contributed by atoms with Gasteiger partial charge in [0.2, 0.25) is 5.91 Å². The van der Waals surface area contributed by atoms with Crippen LogP contribution in [0.5, 0.6) is 0 Å². The van der Waals surface area contributed by atoms with Gasteiger partial charge in [-0.15, -0.1) is 0 Å². The molecular formula is C25H25ClN8O2. The molecule has 11 heteroatoms. The molecule has 1 aromatic carbocycles. The highest BCUT2D eigenvalue weighted by molar-refractivity contribution is 6.30. The van der Waals surface area contributed by atoms with Gasteiger partial charge in [-0.1, -0.05) is 23.7 Å². The standard InChI is InChI=1S/C25H25ClN8O2/c1-25(15-4-6-16(26)7-5-15)18-19(27)31-20(32-21(18)33-24(25)35)17-12-34-9-8-28-23(34)22(30-17)29-11-14-3-2-10-36-13-14/h4-9,12,14H,2-3,10-11,13H2,1H3,(H,29,30)(H3,27,31,32,33,35). The third kappa shape index (κ3) is 3.73. The Hall–Kier alpha value is -3.76. The second-order valence-corrected chi connectivity index (χ2v) is 9.78. The lowest BCUT2D eigenvalue weighted by Crippen LogP contribution is -2.32. The Morgan fingerprint density at radius 2 is 2.11 bits per heavy atom. The molecule has 0 spiro atoms. The second kappa shape index (κ2) is 8.72. The molecule has 2 atom stereocenters. The molecule has 1 fully saturated rings. The summed E-state index contributed by atoms with van der Waals surface area (Å²) in [7, 11) is 0. The largest absolute Gasteiger partial charge is 0.383 e. The molecule has 4 N–H and O–H groups in total. The summed E-state index contributed by atoms with van der Waals surface area (Å²) >= 11 is 6.06. The first kappa shape index (κ1) is 22.7. The van der Waals surface area contributed by atoms with Gasteiger partial charge in [0, 0.05) is 36.8 Å². The number of nitrogens with two attached hydrogens (primary N) is 1. The van der Waals surface area contributed by atoms with E-state index in [0.29, 0.717) is 45.3 Å². The van der Waals surface area contributed by atoms with Gasteiger partial charge in [-0.05, 0) is 43.4 Å². The molecule has 2 aliphatic rings. The minimum atomic E-state index is -1.04. The summed E-state index contributed by atoms with van der Waals surface area (Å²) in [6.07, 6.45) is 7.51. The molecule has 1 saturated heterocycles. The quantitative estimate of drug-likeness (QED) is 0.376. The van der Waals surface area contributed by atoms with Crippen LogP contribution in [0.2, 0.25) is 5.02 Å². The molecule has 184 valence electrons. The average molecular weight is 505 g/mol. The molecule has 5 heterocycles. The van der Waals surface area contributed by atoms with Gasteiger partial charge in [-0.2, -0.15) is 0 Å². The van der Waals surface area contributed by atoms with Crippen molar-refractivity contribution in [2.45, 2.75) is 25.2 Å². The van der Waals surface area contributed by atoms with Crippen LogP contribution in [0, 0.1) is 5.92 Å². The van der Waals surface area contributed by atoms with Crippen LogP contribution in [0.1, 0.15) is 30.9 Å². The number of carbonyl (C=O) groups is 1. The van der Waals surface area contributed by atoms with Crippen LogP contribution in [0.4, 0.5) is 17.5 Å². The summed E-state index contributed by atoms with van der Waals surface area (Å²) in [5.41, 5.74) is 7.91. The van der Waals surface area contributed by atoms with Gasteiger partial charge < -0.3 is 25.5 Å². The molecule has 4 aromatic rings. The first-order chi connectivity index (χ1) is 17.4. The van der Waals surface area contributed by atoms with E-state index < -0.39 is 5.41 Å². The lowest BCUT2D eigenvalue weighted by atomic mass is 9.78. The van der Waals surface area contributed by atoms with Crippen LogP contribution in [0.25, 0.3) is 17.2 Å². The number of rotatable bonds is 5. The van der Waals surface area contributed by atoms with Gasteiger partial charge in [-0.3, -0.25) is 4.79 Å². The zero-order chi connectivity index (χ0) is 24.9. The van der Waals surface area contributed by atoms with Crippen molar-refractivity contribution in [2.75, 3.05) is 36.1 Å². The van der Waals surface area contributed by atoms with Gasteiger partial charge in [0.05, 0.1) is 12.2 Å². The zero-order valence-electron chi connectivity index (χ0n) is 19.7. The molecule has 36 heavy (non-hydrogen) atoms. The monoisotopic (exact) mass is 504 g/mol. The summed E-state index contributed by atoms with van der Waals surface area (Å²) in [6, 6.07) is 7.12. The second-order valence-electron chi connectivity index (χ2n) is 9.34. The number of aromatic nitrogens is 5. The number of nitrogens with one attached hydrogen (secondary N) is 2. The van der Waals surface area contributed by atoms with Crippen molar-refractivity contribution in [2.24, 2.45) is 5.92 Å². The topological polar surface area (TPSA) is 132 Å². The van der Waals surface area contributed by atoms with Gasteiger partial charge in [-0.25, -0.2) is 19.9 Å². The Balaban J connectivity index is 1.38. The summed E-state index contributed by atoms with van der Waals surface area (Å²) < 4.78 is 7.47. The summed E-state index contributed by atoms with van der Waals surface area (Å²) in [6.45, 7) is 4.08. The number of hydrogen-bond donors (Lipinski definition) is 3. The number of imidazole rings is 1. The summed E-state index contributed by atoms with van der Waals surface area (Å²) in [4.78, 5) is 31.6. The van der Waals surface area contributed by atoms with E-state index in [9.17, 15) is 4.79 Å². The van der Waals surface area contributed by atoms with Crippen molar-refractivity contribution >= 4 is 40.6 Å². The Morgan fingerprint density at radius 3 is 2.89 bits per heavy atom. The highest BCUT2D eigenvalue weighted by Gasteiger charge is 2.47. The lowest BCUT2D eigenvalue weighted by Gasteiger charge is -2.23. The minimum absolute atomic E-state index is 0.215. The maximum Gasteiger partial charge on any atom is 0.240 e. The minimum Gasteiger partial charge on any atom is -0.383 e. The van der Waals surface area contributed by atoms with E-state index in [-0.39, 0.29) is 11.7 Å². The van der Waals surface area contributed by atoms with E-state index >= 15 is 0 Å². The normalized spacial score (nSPS) is 21.4. The van der Waals surface area contributed by atoms with Crippen molar-refractivity contribution in [3.63, 3.8) is 0 Å². The smallest absolute Gasteiger partial charge is 0.240 e. The Morgan fingerprint density at radius 1 is 1.28 bits per heavy atom. The molecule has 0 aliphatic carbocycles. The van der Waals surface area contributed by atoms with Crippen molar-refractivity contribution < 1.29 is 9.53 Å². The van der Waals surface area contributed by atoms with E-state index in [1.54, 1.807) is 24.5 Å². The number of hydrogen-bond acceptors (Lipinski definition) is 8. The van der Waals surface area contributed by atoms with E-state index in [1.165, 1.54) is 0 Å². The fraction of sp³-hybridized carbons (Fsp3) is 0.320. The number of ether oxygens (including phenoxy) is 1. The predicted molar refractivity (Wildman–Crippen MR) is 137 cm³/mol. The summed E-state index contributed by atoms with van der Waals surface area (Å²) in [5.74, 6) is 1.71. The van der Waals surface area contributed by atoms with Crippen LogP contribution in [-0.4, -0.2) is 50.0 Å². The summed E-state index contributed by atoms with van der Waals surface area (Å²) in [5, 5.41) is 6.90. The highest BCUT2D eigenvalue weighted by Crippen LogP contribution is 2.45. The van der Waals surface area contributed by atoms with Gasteiger partial charge in [0.1, 0.15) is 22.7 Å². The van der Waals surface area contributed by atoms with E-state index in [2.05, 4.69) is 25.6 Å². The molecule has 0 saturated carbocycles. The maximum absolute atomic E-state index is 13.2. The zero-order valence-corrected chi connectivity index (χ0v) is 20.4. The van der Waals surface area contributed by atoms with Crippen LogP contribution in [0.3, 0.4) is 0 Å². The lowest BCUT2D eigenvalue weighted by molar-refractivity contribution is -0.119. The van der Waals surface area contributed by atoms with E-state index in [1.807, 2.05) is 29.7 Å². The average Bonchev–Trinajstić information content (AvgIpc) is 3.46. The van der Waals surface area contributed by atoms with E-state index in [4.69, 9.17) is 27.1 Å². The number of carbonyl (C=O) groups excluding carboxylic acids is 1. The number of anilines is 3. The molecule has 2 unspecified atom stereocenters. The number of nitrogen functional groups attached to an aromatic ring is 1. The fourth-order valence-corrected chi connectivity index (χ4v) is 5.07. The highest BCUT2D eigenvalue weighted by atomic mass is 35.5. The Labute approximate surface area is 212 Å². The number of amides is 1. The number of fused-ring (bicyclic) bond motifs is 2.